The lowest BCUT2D eigenvalue weighted by Crippen LogP contribution is -2.09. The third-order valence-electron chi connectivity index (χ3n) is 2.23. The number of anilines is 1. The number of nitrogen functional groups attached to an aromatic ring is 1. The molecular formula is C11H22N2OS. The van der Waals surface area contributed by atoms with E-state index in [4.69, 9.17) is 5.73 Å². The van der Waals surface area contributed by atoms with Crippen LogP contribution in [0.25, 0.3) is 0 Å². The molecule has 0 spiro atoms. The van der Waals surface area contributed by atoms with E-state index in [-0.39, 0.29) is 6.84 Å². The quantitative estimate of drug-likeness (QED) is 0.811. The predicted octanol–water partition coefficient (Wildman–Crippen LogP) is 3.29. The summed E-state index contributed by atoms with van der Waals surface area (Å²) in [5.74, 6) is 0. The van der Waals surface area contributed by atoms with Crippen molar-refractivity contribution in [2.24, 2.45) is 5.41 Å². The van der Waals surface area contributed by atoms with Gasteiger partial charge in [-0.1, -0.05) is 27.2 Å². The summed E-state index contributed by atoms with van der Waals surface area (Å²) in [5, 5.41) is 2.58. The van der Waals surface area contributed by atoms with Gasteiger partial charge in [0.1, 0.15) is 6.29 Å². The Labute approximate surface area is 97.2 Å². The number of hydrogen-bond acceptors (Lipinski definition) is 4. The molecular weight excluding hydrogens is 208 g/mol. The zero-order chi connectivity index (χ0) is 11.9. The highest BCUT2D eigenvalue weighted by molar-refractivity contribution is 7.13. The van der Waals surface area contributed by atoms with E-state index >= 15 is 0 Å². The molecule has 1 heterocycles. The molecule has 1 aromatic heterocycles. The smallest absolute Gasteiger partial charge is 0.180 e. The van der Waals surface area contributed by atoms with Crippen LogP contribution in [0.4, 0.5) is 5.13 Å². The Morgan fingerprint density at radius 2 is 2.27 bits per heavy atom. The van der Waals surface area contributed by atoms with Crippen molar-refractivity contribution in [2.75, 3.05) is 5.73 Å². The largest absolute Gasteiger partial charge is 0.375 e. The van der Waals surface area contributed by atoms with Crippen molar-refractivity contribution in [3.63, 3.8) is 0 Å². The number of aromatic nitrogens is 1. The maximum absolute atomic E-state index is 9.98. The number of thiazole rings is 1. The van der Waals surface area contributed by atoms with Crippen molar-refractivity contribution in [2.45, 2.75) is 40.5 Å². The Balaban J connectivity index is 0. The lowest BCUT2D eigenvalue weighted by atomic mass is 9.87. The van der Waals surface area contributed by atoms with Crippen LogP contribution < -0.4 is 5.73 Å². The summed E-state index contributed by atoms with van der Waals surface area (Å²) >= 11 is 1.47. The molecule has 0 amide bonds. The number of aryl methyl sites for hydroxylation is 1. The van der Waals surface area contributed by atoms with Gasteiger partial charge in [0, 0.05) is 13.2 Å². The molecule has 0 radical (unpaired) electrons. The third-order valence-corrected chi connectivity index (χ3v) is 3.02. The maximum atomic E-state index is 9.98. The average Bonchev–Trinajstić information content (AvgIpc) is 2.51. The number of rotatable bonds is 3. The molecule has 0 saturated carbocycles. The number of nitrogens with zero attached hydrogens (tertiary/aromatic N) is 1. The van der Waals surface area contributed by atoms with Gasteiger partial charge in [-0.25, -0.2) is 4.98 Å². The van der Waals surface area contributed by atoms with Crippen LogP contribution in [0.2, 0.25) is 0 Å². The average molecular weight is 230 g/mol. The zero-order valence-corrected chi connectivity index (χ0v) is 10.7. The van der Waals surface area contributed by atoms with Crippen LogP contribution >= 0.6 is 11.3 Å². The Morgan fingerprint density at radius 1 is 1.67 bits per heavy atom. The van der Waals surface area contributed by atoms with Gasteiger partial charge in [0.05, 0.1) is 5.69 Å². The highest BCUT2D eigenvalue weighted by atomic mass is 32.1. The molecule has 1 rings (SSSR count). The molecule has 0 saturated heterocycles. The minimum Gasteiger partial charge on any atom is -0.375 e. The van der Waals surface area contributed by atoms with Crippen LogP contribution in [0, 0.1) is 12.3 Å². The molecule has 3 nitrogen and oxygen atoms in total. The molecule has 88 valence electrons. The second-order valence-corrected chi connectivity index (χ2v) is 5.11. The van der Waals surface area contributed by atoms with E-state index in [1.165, 1.54) is 11.3 Å². The topological polar surface area (TPSA) is 56.0 Å². The SMILES string of the molecule is CCC(C)(C)CC=O.Cc1csc(N)n1.[HH]. The van der Waals surface area contributed by atoms with Crippen LogP contribution in [0.15, 0.2) is 5.38 Å². The lowest BCUT2D eigenvalue weighted by molar-refractivity contribution is -0.109. The fourth-order valence-electron chi connectivity index (χ4n) is 0.742. The normalized spacial score (nSPS) is 10.4. The molecule has 15 heavy (non-hydrogen) atoms. The van der Waals surface area contributed by atoms with Gasteiger partial charge in [-0.05, 0) is 12.3 Å². The van der Waals surface area contributed by atoms with Crippen molar-refractivity contribution in [1.29, 1.82) is 0 Å². The molecule has 1 aromatic rings. The second-order valence-electron chi connectivity index (χ2n) is 4.22. The first kappa shape index (κ1) is 14.1. The summed E-state index contributed by atoms with van der Waals surface area (Å²) in [6, 6.07) is 0. The van der Waals surface area contributed by atoms with Gasteiger partial charge in [0.2, 0.25) is 0 Å². The highest BCUT2D eigenvalue weighted by Crippen LogP contribution is 2.22. The van der Waals surface area contributed by atoms with Crippen molar-refractivity contribution in [1.82, 2.24) is 4.98 Å². The van der Waals surface area contributed by atoms with Gasteiger partial charge in [-0.15, -0.1) is 11.3 Å². The number of carbonyl (C=O) groups excluding carboxylic acids is 1. The molecule has 0 aromatic carbocycles. The van der Waals surface area contributed by atoms with E-state index in [1.54, 1.807) is 0 Å². The maximum Gasteiger partial charge on any atom is 0.180 e. The van der Waals surface area contributed by atoms with E-state index in [2.05, 4.69) is 25.8 Å². The van der Waals surface area contributed by atoms with Crippen LogP contribution in [0.5, 0.6) is 0 Å². The molecule has 0 unspecified atom stereocenters. The molecule has 0 fully saturated rings. The number of carbonyl (C=O) groups is 1. The fraction of sp³-hybridized carbons (Fsp3) is 0.636. The van der Waals surface area contributed by atoms with Crippen LogP contribution in [0.3, 0.4) is 0 Å². The molecule has 4 heteroatoms. The third kappa shape index (κ3) is 7.08. The minimum atomic E-state index is 0. The van der Waals surface area contributed by atoms with E-state index < -0.39 is 0 Å². The van der Waals surface area contributed by atoms with E-state index in [9.17, 15) is 4.79 Å². The van der Waals surface area contributed by atoms with Gasteiger partial charge >= 0.3 is 0 Å². The summed E-state index contributed by atoms with van der Waals surface area (Å²) in [6.45, 7) is 8.22. The van der Waals surface area contributed by atoms with Crippen LogP contribution in [-0.2, 0) is 4.79 Å². The fourth-order valence-corrected chi connectivity index (χ4v) is 1.28. The summed E-state index contributed by atoms with van der Waals surface area (Å²) in [4.78, 5) is 13.9. The first-order chi connectivity index (χ1) is 6.91. The van der Waals surface area contributed by atoms with Gasteiger partial charge in [-0.3, -0.25) is 0 Å². The molecule has 2 N–H and O–H groups in total. The first-order valence-electron chi connectivity index (χ1n) is 5.02. The highest BCUT2D eigenvalue weighted by Gasteiger charge is 2.12. The molecule has 0 atom stereocenters. The van der Waals surface area contributed by atoms with Crippen LogP contribution in [-0.4, -0.2) is 11.3 Å². The molecule has 0 aliphatic heterocycles. The first-order valence-corrected chi connectivity index (χ1v) is 5.90. The van der Waals surface area contributed by atoms with Crippen molar-refractivity contribution < 1.29 is 6.22 Å². The Morgan fingerprint density at radius 3 is 2.40 bits per heavy atom. The summed E-state index contributed by atoms with van der Waals surface area (Å²) in [5.41, 5.74) is 6.51. The standard InChI is InChI=1S/C7H14O.C4H6N2S.H2/c1-4-7(2,3)5-6-8;1-3-2-7-4(5)6-3;/h6H,4-5H2,1-3H3;2H,1H3,(H2,5,6);1H. The zero-order valence-electron chi connectivity index (χ0n) is 9.91. The second kappa shape index (κ2) is 6.56. The summed E-state index contributed by atoms with van der Waals surface area (Å²) in [6.07, 6.45) is 2.75. The summed E-state index contributed by atoms with van der Waals surface area (Å²) in [7, 11) is 0. The number of hydrogen-bond donors (Lipinski definition) is 1. The predicted molar refractivity (Wildman–Crippen MR) is 68.1 cm³/mol. The van der Waals surface area contributed by atoms with Crippen molar-refractivity contribution in [3.05, 3.63) is 11.1 Å². The van der Waals surface area contributed by atoms with E-state index in [0.717, 1.165) is 18.4 Å². The number of aldehydes is 1. The van der Waals surface area contributed by atoms with Gasteiger partial charge in [0.25, 0.3) is 0 Å². The number of nitrogens with two attached hydrogens (primary N) is 1. The molecule has 0 bridgehead atoms. The Hall–Kier alpha value is -0.900. The minimum absolute atomic E-state index is 0. The van der Waals surface area contributed by atoms with Crippen molar-refractivity contribution >= 4 is 22.8 Å². The van der Waals surface area contributed by atoms with Gasteiger partial charge in [-0.2, -0.15) is 0 Å². The Kier molecular flexibility index (Phi) is 6.17. The van der Waals surface area contributed by atoms with Gasteiger partial charge in [0.15, 0.2) is 5.13 Å². The lowest BCUT2D eigenvalue weighted by Gasteiger charge is -2.17. The van der Waals surface area contributed by atoms with Gasteiger partial charge < -0.3 is 10.5 Å². The van der Waals surface area contributed by atoms with Crippen molar-refractivity contribution in [3.8, 4) is 0 Å². The molecule has 0 aliphatic rings. The van der Waals surface area contributed by atoms with E-state index in [0.29, 0.717) is 11.6 Å². The van der Waals surface area contributed by atoms with Crippen LogP contribution in [0.1, 0.15) is 40.7 Å². The monoisotopic (exact) mass is 230 g/mol. The summed E-state index contributed by atoms with van der Waals surface area (Å²) < 4.78 is 0. The molecule has 0 aliphatic carbocycles. The Bertz CT molecular complexity index is 283. The van der Waals surface area contributed by atoms with E-state index in [1.807, 2.05) is 12.3 Å².